The third kappa shape index (κ3) is 3.10. The van der Waals surface area contributed by atoms with Crippen LogP contribution in [0.5, 0.6) is 0 Å². The standard InChI is InChI=1S/C22H20N2O2/c25-21(17-6-2-1-3-7-17)18-11-14-24(15-12-18)22(26)19-10-4-8-16-9-5-13-23-20(16)19/h1-10,13,18H,11-12,14-15H2. The average Bonchev–Trinajstić information content (AvgIpc) is 2.73. The Morgan fingerprint density at radius 3 is 2.38 bits per heavy atom. The molecule has 2 aromatic carbocycles. The lowest BCUT2D eigenvalue weighted by Gasteiger charge is -2.31. The Morgan fingerprint density at radius 1 is 0.885 bits per heavy atom. The molecule has 4 rings (SSSR count). The largest absolute Gasteiger partial charge is 0.339 e. The number of Topliss-reactive ketones (excluding diaryl/α,β-unsaturated/α-hetero) is 1. The summed E-state index contributed by atoms with van der Waals surface area (Å²) >= 11 is 0. The van der Waals surface area contributed by atoms with Crippen LogP contribution in [0.4, 0.5) is 0 Å². The summed E-state index contributed by atoms with van der Waals surface area (Å²) in [5.74, 6) is 0.177. The van der Waals surface area contributed by atoms with Crippen LogP contribution >= 0.6 is 0 Å². The van der Waals surface area contributed by atoms with Gasteiger partial charge in [0.15, 0.2) is 5.78 Å². The summed E-state index contributed by atoms with van der Waals surface area (Å²) in [6, 6.07) is 18.9. The van der Waals surface area contributed by atoms with Crippen molar-refractivity contribution in [3.8, 4) is 0 Å². The van der Waals surface area contributed by atoms with Crippen molar-refractivity contribution < 1.29 is 9.59 Å². The summed E-state index contributed by atoms with van der Waals surface area (Å²) in [5, 5.41) is 0.965. The van der Waals surface area contributed by atoms with Gasteiger partial charge in [0.05, 0.1) is 11.1 Å². The molecule has 26 heavy (non-hydrogen) atoms. The molecule has 0 unspecified atom stereocenters. The van der Waals surface area contributed by atoms with E-state index in [4.69, 9.17) is 0 Å². The number of ketones is 1. The van der Waals surface area contributed by atoms with E-state index in [2.05, 4.69) is 4.98 Å². The minimum Gasteiger partial charge on any atom is -0.339 e. The maximum absolute atomic E-state index is 13.0. The highest BCUT2D eigenvalue weighted by Gasteiger charge is 2.29. The summed E-state index contributed by atoms with van der Waals surface area (Å²) in [5.41, 5.74) is 2.13. The van der Waals surface area contributed by atoms with E-state index in [1.807, 2.05) is 65.6 Å². The second-order valence-electron chi connectivity index (χ2n) is 6.68. The minimum atomic E-state index is -0.00732. The quantitative estimate of drug-likeness (QED) is 0.676. The summed E-state index contributed by atoms with van der Waals surface area (Å²) in [4.78, 5) is 31.8. The summed E-state index contributed by atoms with van der Waals surface area (Å²) in [6.07, 6.45) is 3.12. The fraction of sp³-hybridized carbons (Fsp3) is 0.227. The summed E-state index contributed by atoms with van der Waals surface area (Å²) in [7, 11) is 0. The molecule has 1 aromatic heterocycles. The molecule has 0 bridgehead atoms. The fourth-order valence-corrected chi connectivity index (χ4v) is 3.63. The number of hydrogen-bond acceptors (Lipinski definition) is 3. The molecule has 0 radical (unpaired) electrons. The van der Waals surface area contributed by atoms with Gasteiger partial charge in [0, 0.05) is 36.2 Å². The Kier molecular flexibility index (Phi) is 4.48. The van der Waals surface area contributed by atoms with E-state index >= 15 is 0 Å². The number of carbonyl (C=O) groups excluding carboxylic acids is 2. The molecule has 0 atom stereocenters. The number of amides is 1. The van der Waals surface area contributed by atoms with E-state index in [9.17, 15) is 9.59 Å². The van der Waals surface area contributed by atoms with Crippen molar-refractivity contribution in [1.29, 1.82) is 0 Å². The maximum Gasteiger partial charge on any atom is 0.256 e. The molecule has 1 amide bonds. The molecule has 0 aliphatic carbocycles. The van der Waals surface area contributed by atoms with Crippen LogP contribution in [-0.4, -0.2) is 34.7 Å². The van der Waals surface area contributed by atoms with Crippen molar-refractivity contribution >= 4 is 22.6 Å². The number of pyridine rings is 1. The van der Waals surface area contributed by atoms with Crippen LogP contribution in [-0.2, 0) is 0 Å². The first kappa shape index (κ1) is 16.5. The minimum absolute atomic E-state index is 0.0000832. The fourth-order valence-electron chi connectivity index (χ4n) is 3.63. The number of nitrogens with zero attached hydrogens (tertiary/aromatic N) is 2. The Morgan fingerprint density at radius 2 is 1.62 bits per heavy atom. The normalized spacial score (nSPS) is 15.2. The van der Waals surface area contributed by atoms with Crippen LogP contribution < -0.4 is 0 Å². The van der Waals surface area contributed by atoms with E-state index < -0.39 is 0 Å². The number of para-hydroxylation sites is 1. The number of carbonyl (C=O) groups is 2. The van der Waals surface area contributed by atoms with Crippen molar-refractivity contribution in [2.45, 2.75) is 12.8 Å². The van der Waals surface area contributed by atoms with Gasteiger partial charge >= 0.3 is 0 Å². The van der Waals surface area contributed by atoms with Crippen molar-refractivity contribution in [2.24, 2.45) is 5.92 Å². The van der Waals surface area contributed by atoms with Crippen LogP contribution in [0.3, 0.4) is 0 Å². The van der Waals surface area contributed by atoms with Gasteiger partial charge in [0.2, 0.25) is 0 Å². The van der Waals surface area contributed by atoms with Gasteiger partial charge < -0.3 is 4.90 Å². The lowest BCUT2D eigenvalue weighted by molar-refractivity contribution is 0.0652. The van der Waals surface area contributed by atoms with E-state index in [-0.39, 0.29) is 17.6 Å². The monoisotopic (exact) mass is 344 g/mol. The number of rotatable bonds is 3. The third-order valence-corrected chi connectivity index (χ3v) is 5.07. The molecule has 1 aliphatic rings. The highest BCUT2D eigenvalue weighted by Crippen LogP contribution is 2.24. The SMILES string of the molecule is O=C(c1ccccc1)C1CCN(C(=O)c2cccc3cccnc23)CC1. The van der Waals surface area contributed by atoms with Gasteiger partial charge in [-0.3, -0.25) is 14.6 Å². The van der Waals surface area contributed by atoms with Crippen LogP contribution in [0, 0.1) is 5.92 Å². The smallest absolute Gasteiger partial charge is 0.256 e. The van der Waals surface area contributed by atoms with Gasteiger partial charge in [-0.1, -0.05) is 48.5 Å². The van der Waals surface area contributed by atoms with Crippen molar-refractivity contribution in [3.05, 3.63) is 78.0 Å². The number of aromatic nitrogens is 1. The lowest BCUT2D eigenvalue weighted by Crippen LogP contribution is -2.40. The molecule has 1 fully saturated rings. The number of piperidine rings is 1. The van der Waals surface area contributed by atoms with Gasteiger partial charge in [-0.05, 0) is 25.0 Å². The first-order valence-electron chi connectivity index (χ1n) is 8.96. The molecule has 0 spiro atoms. The van der Waals surface area contributed by atoms with Crippen LogP contribution in [0.25, 0.3) is 10.9 Å². The van der Waals surface area contributed by atoms with Gasteiger partial charge in [-0.25, -0.2) is 0 Å². The number of fused-ring (bicyclic) bond motifs is 1. The molecule has 130 valence electrons. The Hall–Kier alpha value is -3.01. The van der Waals surface area contributed by atoms with Gasteiger partial charge in [0.25, 0.3) is 5.91 Å². The highest BCUT2D eigenvalue weighted by atomic mass is 16.2. The topological polar surface area (TPSA) is 50.3 Å². The zero-order valence-electron chi connectivity index (χ0n) is 14.5. The molecule has 4 nitrogen and oxygen atoms in total. The van der Waals surface area contributed by atoms with Crippen molar-refractivity contribution in [2.75, 3.05) is 13.1 Å². The van der Waals surface area contributed by atoms with Gasteiger partial charge in [-0.2, -0.15) is 0 Å². The van der Waals surface area contributed by atoms with Crippen molar-refractivity contribution in [1.82, 2.24) is 9.88 Å². The van der Waals surface area contributed by atoms with Crippen molar-refractivity contribution in [3.63, 3.8) is 0 Å². The Balaban J connectivity index is 1.48. The molecule has 0 saturated carbocycles. The maximum atomic E-state index is 13.0. The number of likely N-dealkylation sites (tertiary alicyclic amines) is 1. The average molecular weight is 344 g/mol. The van der Waals surface area contributed by atoms with E-state index in [1.165, 1.54) is 0 Å². The zero-order valence-corrected chi connectivity index (χ0v) is 14.5. The van der Waals surface area contributed by atoms with Crippen LogP contribution in [0.1, 0.15) is 33.6 Å². The van der Waals surface area contributed by atoms with Crippen LogP contribution in [0.15, 0.2) is 66.9 Å². The van der Waals surface area contributed by atoms with E-state index in [0.29, 0.717) is 31.5 Å². The molecular weight excluding hydrogens is 324 g/mol. The molecule has 4 heteroatoms. The van der Waals surface area contributed by atoms with E-state index in [0.717, 1.165) is 16.5 Å². The van der Waals surface area contributed by atoms with E-state index in [1.54, 1.807) is 6.20 Å². The summed E-state index contributed by atoms with van der Waals surface area (Å²) in [6.45, 7) is 1.20. The number of hydrogen-bond donors (Lipinski definition) is 0. The van der Waals surface area contributed by atoms with Gasteiger partial charge in [-0.15, -0.1) is 0 Å². The summed E-state index contributed by atoms with van der Waals surface area (Å²) < 4.78 is 0. The van der Waals surface area contributed by atoms with Gasteiger partial charge in [0.1, 0.15) is 0 Å². The molecule has 1 aliphatic heterocycles. The molecule has 1 saturated heterocycles. The molecule has 3 aromatic rings. The first-order valence-corrected chi connectivity index (χ1v) is 8.96. The number of benzene rings is 2. The van der Waals surface area contributed by atoms with Crippen LogP contribution in [0.2, 0.25) is 0 Å². The predicted molar refractivity (Wildman–Crippen MR) is 101 cm³/mol. The Labute approximate surface area is 152 Å². The Bertz CT molecular complexity index is 939. The second-order valence-corrected chi connectivity index (χ2v) is 6.68. The highest BCUT2D eigenvalue weighted by molar-refractivity contribution is 6.05. The lowest BCUT2D eigenvalue weighted by atomic mass is 9.88. The molecular formula is C22H20N2O2. The predicted octanol–water partition coefficient (Wildman–Crippen LogP) is 3.97. The third-order valence-electron chi connectivity index (χ3n) is 5.07. The molecule has 0 N–H and O–H groups in total. The second kappa shape index (κ2) is 7.08. The zero-order chi connectivity index (χ0) is 17.9. The first-order chi connectivity index (χ1) is 12.7. The molecule has 2 heterocycles.